The van der Waals surface area contributed by atoms with E-state index in [2.05, 4.69) is 25.8 Å². The van der Waals surface area contributed by atoms with Crippen LogP contribution in [0.5, 0.6) is 0 Å². The summed E-state index contributed by atoms with van der Waals surface area (Å²) in [6.45, 7) is 4.44. The molecule has 2 amide bonds. The normalized spacial score (nSPS) is 10.6. The number of pyridine rings is 1. The van der Waals surface area contributed by atoms with E-state index in [1.807, 2.05) is 13.8 Å². The van der Waals surface area contributed by atoms with Gasteiger partial charge in [-0.25, -0.2) is 0 Å². The van der Waals surface area contributed by atoms with Crippen molar-refractivity contribution in [1.82, 2.24) is 25.8 Å². The molecule has 0 spiro atoms. The molecule has 128 valence electrons. The van der Waals surface area contributed by atoms with E-state index in [4.69, 9.17) is 4.52 Å². The summed E-state index contributed by atoms with van der Waals surface area (Å²) in [5.41, 5.74) is 0.811. The molecule has 2 heterocycles. The summed E-state index contributed by atoms with van der Waals surface area (Å²) in [7, 11) is 0. The highest BCUT2D eigenvalue weighted by atomic mass is 16.5. The van der Waals surface area contributed by atoms with Crippen LogP contribution in [0.2, 0.25) is 0 Å². The molecule has 0 aromatic carbocycles. The van der Waals surface area contributed by atoms with Crippen molar-refractivity contribution in [3.63, 3.8) is 0 Å². The van der Waals surface area contributed by atoms with E-state index >= 15 is 0 Å². The van der Waals surface area contributed by atoms with Gasteiger partial charge < -0.3 is 15.2 Å². The van der Waals surface area contributed by atoms with E-state index in [0.29, 0.717) is 31.2 Å². The zero-order valence-corrected chi connectivity index (χ0v) is 13.8. The van der Waals surface area contributed by atoms with Crippen molar-refractivity contribution in [3.8, 4) is 11.4 Å². The Kier molecular flexibility index (Phi) is 6.41. The fourth-order valence-electron chi connectivity index (χ4n) is 1.88. The van der Waals surface area contributed by atoms with Gasteiger partial charge in [0, 0.05) is 49.8 Å². The number of aromatic nitrogens is 3. The van der Waals surface area contributed by atoms with Crippen molar-refractivity contribution in [1.29, 1.82) is 0 Å². The van der Waals surface area contributed by atoms with Crippen molar-refractivity contribution in [2.45, 2.75) is 26.7 Å². The predicted molar refractivity (Wildman–Crippen MR) is 86.7 cm³/mol. The third kappa shape index (κ3) is 5.45. The fourth-order valence-corrected chi connectivity index (χ4v) is 1.88. The highest BCUT2D eigenvalue weighted by Gasteiger charge is 2.10. The molecule has 0 saturated heterocycles. The summed E-state index contributed by atoms with van der Waals surface area (Å²) < 4.78 is 5.13. The third-order valence-electron chi connectivity index (χ3n) is 3.24. The number of nitrogens with one attached hydrogen (secondary N) is 2. The number of nitrogens with zero attached hydrogens (tertiary/aromatic N) is 3. The maximum absolute atomic E-state index is 11.7. The number of carbonyl (C=O) groups is 2. The maximum Gasteiger partial charge on any atom is 0.227 e. The van der Waals surface area contributed by atoms with Crippen molar-refractivity contribution < 1.29 is 14.1 Å². The molecule has 0 aliphatic rings. The topological polar surface area (TPSA) is 110 Å². The summed E-state index contributed by atoms with van der Waals surface area (Å²) >= 11 is 0. The Morgan fingerprint density at radius 2 is 1.88 bits per heavy atom. The molecule has 8 heteroatoms. The molecule has 24 heavy (non-hydrogen) atoms. The van der Waals surface area contributed by atoms with E-state index < -0.39 is 0 Å². The molecule has 0 radical (unpaired) electrons. The van der Waals surface area contributed by atoms with Gasteiger partial charge >= 0.3 is 0 Å². The lowest BCUT2D eigenvalue weighted by atomic mass is 10.2. The van der Waals surface area contributed by atoms with E-state index in [0.717, 1.165) is 5.56 Å². The largest absolute Gasteiger partial charge is 0.354 e. The van der Waals surface area contributed by atoms with Gasteiger partial charge in [-0.15, -0.1) is 0 Å². The maximum atomic E-state index is 11.7. The van der Waals surface area contributed by atoms with Gasteiger partial charge in [0.15, 0.2) is 0 Å². The summed E-state index contributed by atoms with van der Waals surface area (Å²) in [6.07, 6.45) is 3.91. The van der Waals surface area contributed by atoms with Crippen LogP contribution in [0.1, 0.15) is 26.2 Å². The van der Waals surface area contributed by atoms with Gasteiger partial charge in [0.2, 0.25) is 23.5 Å². The quantitative estimate of drug-likeness (QED) is 0.697. The van der Waals surface area contributed by atoms with Crippen molar-refractivity contribution >= 4 is 11.8 Å². The van der Waals surface area contributed by atoms with Crippen molar-refractivity contribution in [2.24, 2.45) is 5.92 Å². The van der Waals surface area contributed by atoms with Gasteiger partial charge in [-0.3, -0.25) is 14.6 Å². The van der Waals surface area contributed by atoms with E-state index in [1.54, 1.807) is 24.5 Å². The standard InChI is InChI=1S/C16H21N5O3/c1-11(2)16(23)19-10-9-18-13(22)3-4-14-20-15(21-24-14)12-5-7-17-8-6-12/h5-8,11H,3-4,9-10H2,1-2H3,(H,18,22)(H,19,23). The Hall–Kier alpha value is -2.77. The summed E-state index contributed by atoms with van der Waals surface area (Å²) in [5, 5.41) is 9.35. The van der Waals surface area contributed by atoms with Crippen molar-refractivity contribution in [3.05, 3.63) is 30.4 Å². The minimum atomic E-state index is -0.127. The molecule has 2 N–H and O–H groups in total. The molecule has 0 bridgehead atoms. The van der Waals surface area contributed by atoms with Crippen LogP contribution in [0.15, 0.2) is 29.0 Å². The van der Waals surface area contributed by atoms with E-state index in [1.165, 1.54) is 0 Å². The summed E-state index contributed by atoms with van der Waals surface area (Å²) in [5.74, 6) is 0.665. The van der Waals surface area contributed by atoms with Gasteiger partial charge in [-0.2, -0.15) is 4.98 Å². The van der Waals surface area contributed by atoms with Crippen molar-refractivity contribution in [2.75, 3.05) is 13.1 Å². The van der Waals surface area contributed by atoms with Crippen LogP contribution in [0.4, 0.5) is 0 Å². The van der Waals surface area contributed by atoms with Crippen LogP contribution in [0.3, 0.4) is 0 Å². The van der Waals surface area contributed by atoms with E-state index in [9.17, 15) is 9.59 Å². The molecule has 0 aliphatic carbocycles. The van der Waals surface area contributed by atoms with Crippen LogP contribution < -0.4 is 10.6 Å². The van der Waals surface area contributed by atoms with Gasteiger partial charge in [0.25, 0.3) is 0 Å². The van der Waals surface area contributed by atoms with E-state index in [-0.39, 0.29) is 24.2 Å². The molecule has 0 atom stereocenters. The molecule has 0 saturated carbocycles. The van der Waals surface area contributed by atoms with Crippen LogP contribution in [0.25, 0.3) is 11.4 Å². The molecular formula is C16H21N5O3. The average Bonchev–Trinajstić information content (AvgIpc) is 3.06. The first-order chi connectivity index (χ1) is 11.6. The number of carbonyl (C=O) groups excluding carboxylic acids is 2. The number of rotatable bonds is 8. The average molecular weight is 331 g/mol. The Balaban J connectivity index is 1.69. The van der Waals surface area contributed by atoms with Crippen LogP contribution >= 0.6 is 0 Å². The molecule has 2 aromatic heterocycles. The predicted octanol–water partition coefficient (Wildman–Crippen LogP) is 0.953. The first kappa shape index (κ1) is 17.6. The monoisotopic (exact) mass is 331 g/mol. The van der Waals surface area contributed by atoms with Gasteiger partial charge in [-0.1, -0.05) is 19.0 Å². The van der Waals surface area contributed by atoms with Gasteiger partial charge in [0.05, 0.1) is 0 Å². The lowest BCUT2D eigenvalue weighted by Gasteiger charge is -2.08. The summed E-state index contributed by atoms with van der Waals surface area (Å²) in [4.78, 5) is 31.3. The molecule has 0 unspecified atom stereocenters. The Bertz CT molecular complexity index is 669. The number of hydrogen-bond acceptors (Lipinski definition) is 6. The lowest BCUT2D eigenvalue weighted by molar-refractivity contribution is -0.124. The minimum Gasteiger partial charge on any atom is -0.354 e. The molecule has 0 aliphatic heterocycles. The molecule has 2 rings (SSSR count). The second-order valence-corrected chi connectivity index (χ2v) is 5.54. The first-order valence-corrected chi connectivity index (χ1v) is 7.83. The summed E-state index contributed by atoms with van der Waals surface area (Å²) in [6, 6.07) is 3.57. The third-order valence-corrected chi connectivity index (χ3v) is 3.24. The van der Waals surface area contributed by atoms with Gasteiger partial charge in [-0.05, 0) is 12.1 Å². The number of amides is 2. The highest BCUT2D eigenvalue weighted by Crippen LogP contribution is 2.14. The molecular weight excluding hydrogens is 310 g/mol. The molecule has 0 fully saturated rings. The second kappa shape index (κ2) is 8.76. The fraction of sp³-hybridized carbons (Fsp3) is 0.438. The molecule has 8 nitrogen and oxygen atoms in total. The second-order valence-electron chi connectivity index (χ2n) is 5.54. The lowest BCUT2D eigenvalue weighted by Crippen LogP contribution is -2.36. The van der Waals surface area contributed by atoms with Crippen LogP contribution in [-0.2, 0) is 16.0 Å². The first-order valence-electron chi connectivity index (χ1n) is 7.83. The van der Waals surface area contributed by atoms with Crippen LogP contribution in [0, 0.1) is 5.92 Å². The van der Waals surface area contributed by atoms with Gasteiger partial charge in [0.1, 0.15) is 0 Å². The smallest absolute Gasteiger partial charge is 0.227 e. The SMILES string of the molecule is CC(C)C(=O)NCCNC(=O)CCc1nc(-c2ccncc2)no1. The Morgan fingerprint density at radius 1 is 1.17 bits per heavy atom. The zero-order valence-electron chi connectivity index (χ0n) is 13.8. The van der Waals surface area contributed by atoms with Crippen LogP contribution in [-0.4, -0.2) is 40.0 Å². The number of aryl methyl sites for hydroxylation is 1. The number of hydrogen-bond donors (Lipinski definition) is 2. The zero-order chi connectivity index (χ0) is 17.4. The minimum absolute atomic E-state index is 0.0289. The Morgan fingerprint density at radius 3 is 2.58 bits per heavy atom. The Labute approximate surface area is 140 Å². The highest BCUT2D eigenvalue weighted by molar-refractivity contribution is 5.78. The molecule has 2 aromatic rings.